The molecule has 20 heteroatoms. The number of epoxide rings is 1. The first-order chi connectivity index (χ1) is 33.6. The molecule has 3 aliphatic heterocycles. The Morgan fingerprint density at radius 3 is 1.56 bits per heavy atom. The molecule has 3 fully saturated rings. The molecule has 5 heterocycles. The van der Waals surface area contributed by atoms with Gasteiger partial charge in [-0.15, -0.1) is 11.8 Å². The van der Waals surface area contributed by atoms with E-state index < -0.39 is 42.0 Å². The van der Waals surface area contributed by atoms with Crippen LogP contribution in [0, 0.1) is 23.7 Å². The highest BCUT2D eigenvalue weighted by Crippen LogP contribution is 2.50. The van der Waals surface area contributed by atoms with Crippen molar-refractivity contribution in [3.8, 4) is 23.7 Å². The molecule has 1 N–H and O–H groups in total. The minimum atomic E-state index is -1.80. The summed E-state index contributed by atoms with van der Waals surface area (Å²) in [5.74, 6) is 11.7. The summed E-state index contributed by atoms with van der Waals surface area (Å²) in [4.78, 5) is 8.39. The van der Waals surface area contributed by atoms with E-state index in [2.05, 4.69) is 33.6 Å². The second-order valence-corrected chi connectivity index (χ2v) is 19.8. The van der Waals surface area contributed by atoms with E-state index >= 15 is 0 Å². The van der Waals surface area contributed by atoms with Crippen LogP contribution in [0.3, 0.4) is 0 Å². The number of aliphatic hydroxyl groups is 1. The number of ether oxygens (including phenoxy) is 7. The van der Waals surface area contributed by atoms with Gasteiger partial charge in [0, 0.05) is 46.4 Å². The molecule has 4 aromatic carbocycles. The summed E-state index contributed by atoms with van der Waals surface area (Å²) in [5.41, 5.74) is 0.974. The summed E-state index contributed by atoms with van der Waals surface area (Å²) in [7, 11) is 0. The number of benzene rings is 4. The molecular weight excluding hydrogens is 1090 g/mol. The SMILES string of the molecule is CC#C[C@@]1(O)[C@H](OCc2ccc(Cl)cc2Cl)[C@@H](COCc2ccc(Cl)cc2Cl)O[C@H]1n1ccc2c(Cl)ncnc21.CC#C[C@]12O[C@H]1O[C@H](COCc1ccc(Cl)cc1Cl)[C@H]2OCc1ccc(Cl)cc1Cl. The topological polar surface area (TPSA) is 119 Å². The van der Waals surface area contributed by atoms with E-state index in [-0.39, 0.29) is 37.7 Å². The Balaban J connectivity index is 0.000000196. The Bertz CT molecular complexity index is 3000. The fraction of sp³-hybridized carbons (Fsp3) is 0.320. The number of nitrogens with zero attached hydrogens (tertiary/aromatic N) is 3. The molecule has 9 rings (SSSR count). The summed E-state index contributed by atoms with van der Waals surface area (Å²) in [6.45, 7) is 4.57. The summed E-state index contributed by atoms with van der Waals surface area (Å²) >= 11 is 55.4. The van der Waals surface area contributed by atoms with Crippen molar-refractivity contribution in [2.24, 2.45) is 0 Å². The predicted octanol–water partition coefficient (Wildman–Crippen LogP) is 13.1. The second kappa shape index (κ2) is 23.4. The van der Waals surface area contributed by atoms with Crippen LogP contribution < -0.4 is 0 Å². The summed E-state index contributed by atoms with van der Waals surface area (Å²) in [6, 6.07) is 22.6. The molecule has 0 bridgehead atoms. The highest BCUT2D eigenvalue weighted by atomic mass is 35.5. The largest absolute Gasteiger partial charge is 0.374 e. The van der Waals surface area contributed by atoms with E-state index in [1.807, 2.05) is 12.1 Å². The van der Waals surface area contributed by atoms with Crippen molar-refractivity contribution >= 4 is 115 Å². The molecule has 11 nitrogen and oxygen atoms in total. The molecule has 3 saturated heterocycles. The predicted molar refractivity (Wildman–Crippen MR) is 273 cm³/mol. The van der Waals surface area contributed by atoms with Gasteiger partial charge in [0.25, 0.3) is 0 Å². The first kappa shape index (κ1) is 53.2. The highest BCUT2D eigenvalue weighted by Gasteiger charge is 2.71. The van der Waals surface area contributed by atoms with Gasteiger partial charge in [-0.05, 0) is 90.7 Å². The van der Waals surface area contributed by atoms with E-state index in [1.54, 1.807) is 91.3 Å². The van der Waals surface area contributed by atoms with Crippen molar-refractivity contribution in [1.29, 1.82) is 0 Å². The van der Waals surface area contributed by atoms with E-state index in [0.29, 0.717) is 70.0 Å². The third-order valence-corrected chi connectivity index (χ3v) is 14.1. The van der Waals surface area contributed by atoms with Crippen LogP contribution in [-0.2, 0) is 59.6 Å². The lowest BCUT2D eigenvalue weighted by Crippen LogP contribution is -2.47. The Morgan fingerprint density at radius 2 is 1.07 bits per heavy atom. The van der Waals surface area contributed by atoms with Gasteiger partial charge in [0.1, 0.15) is 41.5 Å². The van der Waals surface area contributed by atoms with E-state index in [4.69, 9.17) is 138 Å². The van der Waals surface area contributed by atoms with Gasteiger partial charge in [-0.2, -0.15) is 0 Å². The fourth-order valence-corrected chi connectivity index (χ4v) is 10.1. The van der Waals surface area contributed by atoms with Crippen LogP contribution in [0.4, 0.5) is 0 Å². The van der Waals surface area contributed by atoms with Gasteiger partial charge in [0.2, 0.25) is 11.9 Å². The summed E-state index contributed by atoms with van der Waals surface area (Å²) in [6.07, 6.45) is -0.861. The standard InChI is InChI=1S/C28H22Cl5N3O4.C22H18Cl4O4/c1-2-8-28(37)24(39-13-17-4-6-19(30)11-22(17)32)23(14-38-12-16-3-5-18(29)10-21(16)31)40-27(28)36-9-7-20-25(33)34-15-35-26(20)36;1-2-7-22-20(28-11-14-4-6-16(24)9-18(14)26)19(29-21(22)30-22)12-27-10-13-3-5-15(23)8-17(13)25/h3-7,9-11,15,23-24,27,37H,12-14H2,1H3;3-6,8-9,19-21H,10-12H2,1H3/t23-,24-,27-,28-;19-,20-,21-,22-/m11/s1. The fourth-order valence-electron chi connectivity index (χ4n) is 8.04. The molecule has 0 amide bonds. The molecule has 0 spiro atoms. The van der Waals surface area contributed by atoms with Crippen molar-refractivity contribution < 1.29 is 38.3 Å². The first-order valence-electron chi connectivity index (χ1n) is 21.3. The van der Waals surface area contributed by atoms with E-state index in [0.717, 1.165) is 16.7 Å². The first-order valence-corrected chi connectivity index (χ1v) is 24.7. The van der Waals surface area contributed by atoms with Crippen LogP contribution in [0.15, 0.2) is 91.4 Å². The molecule has 0 unspecified atom stereocenters. The van der Waals surface area contributed by atoms with Gasteiger partial charge >= 0.3 is 0 Å². The average Bonchev–Trinajstić information content (AvgIpc) is 3.53. The number of fused-ring (bicyclic) bond motifs is 2. The third kappa shape index (κ3) is 12.0. The van der Waals surface area contributed by atoms with Gasteiger partial charge in [-0.3, -0.25) is 0 Å². The molecule has 6 aromatic rings. The lowest BCUT2D eigenvalue weighted by molar-refractivity contribution is -0.130. The van der Waals surface area contributed by atoms with Crippen molar-refractivity contribution in [2.45, 2.75) is 88.4 Å². The zero-order valence-electron chi connectivity index (χ0n) is 36.9. The maximum atomic E-state index is 12.1. The van der Waals surface area contributed by atoms with Gasteiger partial charge < -0.3 is 42.8 Å². The second-order valence-electron chi connectivity index (χ2n) is 16.1. The monoisotopic (exact) mass is 1130 g/mol. The molecule has 0 aliphatic carbocycles. The number of hydrogen-bond donors (Lipinski definition) is 1. The maximum absolute atomic E-state index is 12.1. The number of halogens is 9. The van der Waals surface area contributed by atoms with Crippen molar-refractivity contribution in [1.82, 2.24) is 14.5 Å². The molecule has 0 saturated carbocycles. The molecule has 70 heavy (non-hydrogen) atoms. The summed E-state index contributed by atoms with van der Waals surface area (Å²) < 4.78 is 44.0. The van der Waals surface area contributed by atoms with Gasteiger partial charge in [-0.1, -0.05) is 141 Å². The van der Waals surface area contributed by atoms with Crippen molar-refractivity contribution in [3.63, 3.8) is 0 Å². The normalized spacial score (nSPS) is 24.3. The van der Waals surface area contributed by atoms with Gasteiger partial charge in [0.05, 0.1) is 45.0 Å². The minimum absolute atomic E-state index is 0.0527. The lowest BCUT2D eigenvalue weighted by atomic mass is 9.94. The van der Waals surface area contributed by atoms with Crippen LogP contribution in [0.5, 0.6) is 0 Å². The maximum Gasteiger partial charge on any atom is 0.210 e. The Morgan fingerprint density at radius 1 is 0.600 bits per heavy atom. The van der Waals surface area contributed by atoms with Gasteiger partial charge in [-0.25, -0.2) is 9.97 Å². The zero-order chi connectivity index (χ0) is 49.7. The Hall–Kier alpha value is -3.09. The van der Waals surface area contributed by atoms with E-state index in [1.165, 1.54) is 6.33 Å². The highest BCUT2D eigenvalue weighted by molar-refractivity contribution is 6.37. The van der Waals surface area contributed by atoms with Crippen LogP contribution in [0.25, 0.3) is 11.0 Å². The Kier molecular flexibility index (Phi) is 17.8. The van der Waals surface area contributed by atoms with E-state index in [9.17, 15) is 5.11 Å². The van der Waals surface area contributed by atoms with Crippen LogP contribution >= 0.6 is 104 Å². The number of rotatable bonds is 15. The smallest absolute Gasteiger partial charge is 0.210 e. The molecule has 0 radical (unpaired) electrons. The van der Waals surface area contributed by atoms with Crippen molar-refractivity contribution in [3.05, 3.63) is 159 Å². The van der Waals surface area contributed by atoms with Crippen LogP contribution in [0.2, 0.25) is 45.3 Å². The minimum Gasteiger partial charge on any atom is -0.374 e. The zero-order valence-corrected chi connectivity index (χ0v) is 43.7. The molecule has 8 atom stereocenters. The molecule has 2 aromatic heterocycles. The number of aromatic nitrogens is 3. The summed E-state index contributed by atoms with van der Waals surface area (Å²) in [5, 5.41) is 17.1. The lowest BCUT2D eigenvalue weighted by Gasteiger charge is -2.30. The molecule has 366 valence electrons. The van der Waals surface area contributed by atoms with Crippen molar-refractivity contribution in [2.75, 3.05) is 13.2 Å². The van der Waals surface area contributed by atoms with Crippen LogP contribution in [-0.4, -0.2) is 74.8 Å². The third-order valence-electron chi connectivity index (χ3n) is 11.4. The molecule has 3 aliphatic rings. The molecular formula is C50H40Cl9N3O8. The van der Waals surface area contributed by atoms with Gasteiger partial charge in [0.15, 0.2) is 11.8 Å². The van der Waals surface area contributed by atoms with Crippen LogP contribution in [0.1, 0.15) is 42.3 Å². The number of hydrogen-bond acceptors (Lipinski definition) is 10. The Labute approximate surface area is 449 Å². The average molecular weight is 1130 g/mol. The quantitative estimate of drug-likeness (QED) is 0.0605.